The Morgan fingerprint density at radius 3 is 2.23 bits per heavy atom. The van der Waals surface area contributed by atoms with E-state index < -0.39 is 0 Å². The van der Waals surface area contributed by atoms with E-state index in [2.05, 4.69) is 69.3 Å². The van der Waals surface area contributed by atoms with E-state index in [9.17, 15) is 9.59 Å². The lowest BCUT2D eigenvalue weighted by molar-refractivity contribution is -0.120. The molecule has 0 amide bonds. The number of benzene rings is 2. The number of Topliss-reactive ketones (excluding diaryl/α,β-unsaturated/α-hetero) is 2. The molecule has 2 aromatic rings. The summed E-state index contributed by atoms with van der Waals surface area (Å²) in [6.45, 7) is 8.20. The van der Waals surface area contributed by atoms with Crippen LogP contribution < -0.4 is 0 Å². The van der Waals surface area contributed by atoms with E-state index in [4.69, 9.17) is 0 Å². The van der Waals surface area contributed by atoms with Gasteiger partial charge < -0.3 is 4.79 Å². The van der Waals surface area contributed by atoms with Crippen molar-refractivity contribution in [3.8, 4) is 11.1 Å². The van der Waals surface area contributed by atoms with Crippen LogP contribution in [-0.2, 0) is 15.0 Å². The first kappa shape index (κ1) is 24.1. The molecule has 0 bridgehead atoms. The Hall–Kier alpha value is -2.22. The molecule has 0 fully saturated rings. The van der Waals surface area contributed by atoms with Crippen molar-refractivity contribution in [2.75, 3.05) is 0 Å². The van der Waals surface area contributed by atoms with Crippen molar-refractivity contribution in [2.24, 2.45) is 5.92 Å². The molecule has 2 nitrogen and oxygen atoms in total. The van der Waals surface area contributed by atoms with Gasteiger partial charge in [0.2, 0.25) is 0 Å². The van der Waals surface area contributed by atoms with Crippen LogP contribution in [0.1, 0.15) is 84.6 Å². The zero-order valence-corrected chi connectivity index (χ0v) is 19.2. The number of hydrogen-bond acceptors (Lipinski definition) is 2. The highest BCUT2D eigenvalue weighted by atomic mass is 16.1. The molecule has 0 radical (unpaired) electrons. The summed E-state index contributed by atoms with van der Waals surface area (Å²) in [6.07, 6.45) is 7.12. The average Bonchev–Trinajstić information content (AvgIpc) is 2.72. The lowest BCUT2D eigenvalue weighted by Crippen LogP contribution is -2.22. The minimum Gasteiger partial charge on any atom is -0.300 e. The fraction of sp³-hybridized carbons (Fsp3) is 0.500. The van der Waals surface area contributed by atoms with Gasteiger partial charge >= 0.3 is 0 Å². The topological polar surface area (TPSA) is 34.1 Å². The number of carbonyl (C=O) groups is 2. The number of hydrogen-bond donors (Lipinski definition) is 0. The standard InChI is InChI=1S/C28H38O2/c1-5-11-23(13-9-12-22(2)29)18-19-27(30)21-28(3,4)26-17-10-16-25(20-26)24-14-7-6-8-15-24/h6-8,10,14-17,20,23H,5,9,11-13,18-19,21H2,1-4H3. The molecule has 162 valence electrons. The second-order valence-electron chi connectivity index (χ2n) is 9.33. The normalized spacial score (nSPS) is 12.5. The summed E-state index contributed by atoms with van der Waals surface area (Å²) in [5.41, 5.74) is 3.43. The van der Waals surface area contributed by atoms with Crippen LogP contribution in [0.4, 0.5) is 0 Å². The van der Waals surface area contributed by atoms with Crippen LogP contribution in [0.15, 0.2) is 54.6 Å². The van der Waals surface area contributed by atoms with E-state index in [-0.39, 0.29) is 11.2 Å². The first-order chi connectivity index (χ1) is 14.3. The van der Waals surface area contributed by atoms with Gasteiger partial charge in [-0.05, 0) is 47.8 Å². The zero-order chi connectivity index (χ0) is 22.0. The Balaban J connectivity index is 1.95. The van der Waals surface area contributed by atoms with Gasteiger partial charge in [-0.2, -0.15) is 0 Å². The summed E-state index contributed by atoms with van der Waals surface area (Å²) in [6, 6.07) is 19.0. The van der Waals surface area contributed by atoms with Crippen molar-refractivity contribution >= 4 is 11.6 Å². The maximum Gasteiger partial charge on any atom is 0.133 e. The van der Waals surface area contributed by atoms with Crippen LogP contribution in [-0.4, -0.2) is 11.6 Å². The van der Waals surface area contributed by atoms with Gasteiger partial charge in [0.1, 0.15) is 11.6 Å². The summed E-state index contributed by atoms with van der Waals surface area (Å²) < 4.78 is 0. The molecular formula is C28H38O2. The Kier molecular flexibility index (Phi) is 9.49. The summed E-state index contributed by atoms with van der Waals surface area (Å²) in [4.78, 5) is 24.0. The van der Waals surface area contributed by atoms with Gasteiger partial charge in [0, 0.05) is 19.3 Å². The molecule has 0 saturated heterocycles. The minimum absolute atomic E-state index is 0.184. The van der Waals surface area contributed by atoms with Crippen molar-refractivity contribution in [1.29, 1.82) is 0 Å². The van der Waals surface area contributed by atoms with Crippen LogP contribution in [0.25, 0.3) is 11.1 Å². The van der Waals surface area contributed by atoms with Crippen LogP contribution >= 0.6 is 0 Å². The smallest absolute Gasteiger partial charge is 0.133 e. The molecule has 0 aliphatic heterocycles. The third-order valence-electron chi connectivity index (χ3n) is 6.06. The molecule has 2 rings (SSSR count). The fourth-order valence-corrected chi connectivity index (χ4v) is 4.28. The highest BCUT2D eigenvalue weighted by Gasteiger charge is 2.25. The maximum atomic E-state index is 12.8. The third-order valence-corrected chi connectivity index (χ3v) is 6.06. The fourth-order valence-electron chi connectivity index (χ4n) is 4.28. The average molecular weight is 407 g/mol. The molecule has 0 saturated carbocycles. The predicted octanol–water partition coefficient (Wildman–Crippen LogP) is 7.55. The quantitative estimate of drug-likeness (QED) is 0.344. The summed E-state index contributed by atoms with van der Waals surface area (Å²) in [5, 5.41) is 0. The first-order valence-corrected chi connectivity index (χ1v) is 11.5. The molecule has 0 heterocycles. The Bertz CT molecular complexity index is 804. The van der Waals surface area contributed by atoms with Crippen molar-refractivity contribution in [2.45, 2.75) is 84.5 Å². The van der Waals surface area contributed by atoms with Crippen LogP contribution in [0, 0.1) is 5.92 Å². The highest BCUT2D eigenvalue weighted by molar-refractivity contribution is 5.80. The van der Waals surface area contributed by atoms with Crippen LogP contribution in [0.2, 0.25) is 0 Å². The molecule has 0 N–H and O–H groups in total. The first-order valence-electron chi connectivity index (χ1n) is 11.5. The molecule has 2 aromatic carbocycles. The van der Waals surface area contributed by atoms with Gasteiger partial charge in [-0.15, -0.1) is 0 Å². The Morgan fingerprint density at radius 2 is 1.57 bits per heavy atom. The van der Waals surface area contributed by atoms with Gasteiger partial charge in [-0.1, -0.05) is 94.6 Å². The SMILES string of the molecule is CCCC(CCCC(C)=O)CCC(=O)CC(C)(C)c1cccc(-c2ccccc2)c1. The second-order valence-corrected chi connectivity index (χ2v) is 9.33. The van der Waals surface area contributed by atoms with Gasteiger partial charge in [-0.25, -0.2) is 0 Å². The number of ketones is 2. The highest BCUT2D eigenvalue weighted by Crippen LogP contribution is 2.32. The number of carbonyl (C=O) groups excluding carboxylic acids is 2. The molecule has 0 spiro atoms. The molecule has 30 heavy (non-hydrogen) atoms. The van der Waals surface area contributed by atoms with Crippen molar-refractivity contribution < 1.29 is 9.59 Å². The number of rotatable bonds is 13. The summed E-state index contributed by atoms with van der Waals surface area (Å²) in [5.74, 6) is 1.17. The molecule has 1 unspecified atom stereocenters. The van der Waals surface area contributed by atoms with E-state index >= 15 is 0 Å². The lowest BCUT2D eigenvalue weighted by atomic mass is 9.78. The lowest BCUT2D eigenvalue weighted by Gasteiger charge is -2.26. The van der Waals surface area contributed by atoms with Crippen LogP contribution in [0.5, 0.6) is 0 Å². The largest absolute Gasteiger partial charge is 0.300 e. The Labute approximate surface area is 183 Å². The second kappa shape index (κ2) is 11.8. The van der Waals surface area contributed by atoms with E-state index in [0.29, 0.717) is 31.0 Å². The van der Waals surface area contributed by atoms with E-state index in [1.54, 1.807) is 6.92 Å². The van der Waals surface area contributed by atoms with Crippen molar-refractivity contribution in [3.63, 3.8) is 0 Å². The van der Waals surface area contributed by atoms with Crippen molar-refractivity contribution in [1.82, 2.24) is 0 Å². The predicted molar refractivity (Wildman–Crippen MR) is 127 cm³/mol. The Morgan fingerprint density at radius 1 is 0.867 bits per heavy atom. The van der Waals surface area contributed by atoms with E-state index in [1.807, 2.05) is 6.07 Å². The molecule has 1 atom stereocenters. The van der Waals surface area contributed by atoms with Gasteiger partial charge in [0.05, 0.1) is 0 Å². The maximum absolute atomic E-state index is 12.8. The molecule has 2 heteroatoms. The van der Waals surface area contributed by atoms with Crippen LogP contribution in [0.3, 0.4) is 0 Å². The van der Waals surface area contributed by atoms with Crippen molar-refractivity contribution in [3.05, 3.63) is 60.2 Å². The van der Waals surface area contributed by atoms with E-state index in [0.717, 1.165) is 32.1 Å². The molecular weight excluding hydrogens is 368 g/mol. The molecule has 0 aliphatic rings. The summed E-state index contributed by atoms with van der Waals surface area (Å²) >= 11 is 0. The molecule has 0 aromatic heterocycles. The molecule has 0 aliphatic carbocycles. The summed E-state index contributed by atoms with van der Waals surface area (Å²) in [7, 11) is 0. The van der Waals surface area contributed by atoms with Gasteiger partial charge in [0.15, 0.2) is 0 Å². The van der Waals surface area contributed by atoms with Gasteiger partial charge in [0.25, 0.3) is 0 Å². The van der Waals surface area contributed by atoms with E-state index in [1.165, 1.54) is 16.7 Å². The van der Waals surface area contributed by atoms with Gasteiger partial charge in [-0.3, -0.25) is 4.79 Å². The minimum atomic E-state index is -0.184. The monoisotopic (exact) mass is 406 g/mol. The zero-order valence-electron chi connectivity index (χ0n) is 19.2. The third kappa shape index (κ3) is 7.89.